The van der Waals surface area contributed by atoms with E-state index >= 15 is 0 Å². The van der Waals surface area contributed by atoms with Crippen molar-refractivity contribution in [1.82, 2.24) is 0 Å². The number of phenolic OH excluding ortho intramolecular Hbond substituents is 1. The Hall–Kier alpha value is -3.35. The Kier molecular flexibility index (Phi) is 5.12. The second-order valence-electron chi connectivity index (χ2n) is 6.39. The molecule has 2 N–H and O–H groups in total. The summed E-state index contributed by atoms with van der Waals surface area (Å²) in [6, 6.07) is 9.55. The molecular formula is C20H20N2O5. The van der Waals surface area contributed by atoms with Crippen LogP contribution in [0.5, 0.6) is 11.5 Å². The molecule has 7 heteroatoms. The van der Waals surface area contributed by atoms with Crippen molar-refractivity contribution < 1.29 is 24.2 Å². The number of ether oxygens (including phenoxy) is 1. The highest BCUT2D eigenvalue weighted by atomic mass is 16.5. The average molecular weight is 368 g/mol. The summed E-state index contributed by atoms with van der Waals surface area (Å²) in [5.41, 5.74) is 2.29. The van der Waals surface area contributed by atoms with Gasteiger partial charge in [0.15, 0.2) is 12.4 Å². The van der Waals surface area contributed by atoms with Gasteiger partial charge >= 0.3 is 0 Å². The zero-order valence-corrected chi connectivity index (χ0v) is 15.1. The molecule has 140 valence electrons. The third-order valence-corrected chi connectivity index (χ3v) is 4.43. The van der Waals surface area contributed by atoms with E-state index in [1.807, 2.05) is 0 Å². The number of carbonyl (C=O) groups excluding carboxylic acids is 3. The van der Waals surface area contributed by atoms with Gasteiger partial charge in [-0.05, 0) is 48.9 Å². The second-order valence-corrected chi connectivity index (χ2v) is 6.39. The molecule has 0 aromatic heterocycles. The normalized spacial score (nSPS) is 13.0. The van der Waals surface area contributed by atoms with E-state index in [1.165, 1.54) is 11.0 Å². The quantitative estimate of drug-likeness (QED) is 0.625. The molecule has 0 spiro atoms. The maximum atomic E-state index is 12.4. The van der Waals surface area contributed by atoms with Crippen molar-refractivity contribution in [3.05, 3.63) is 47.5 Å². The Morgan fingerprint density at radius 2 is 1.96 bits per heavy atom. The lowest BCUT2D eigenvalue weighted by Gasteiger charge is -2.26. The molecule has 7 nitrogen and oxygen atoms in total. The summed E-state index contributed by atoms with van der Waals surface area (Å²) in [5.74, 6) is 0.0120. The van der Waals surface area contributed by atoms with Crippen LogP contribution >= 0.6 is 0 Å². The number of hydrogen-bond donors (Lipinski definition) is 2. The maximum Gasteiger partial charge on any atom is 0.264 e. The Morgan fingerprint density at radius 1 is 1.19 bits per heavy atom. The van der Waals surface area contributed by atoms with E-state index in [-0.39, 0.29) is 42.8 Å². The van der Waals surface area contributed by atoms with Crippen LogP contribution in [0.2, 0.25) is 0 Å². The molecule has 0 saturated heterocycles. The molecule has 2 amide bonds. The van der Waals surface area contributed by atoms with E-state index in [2.05, 4.69) is 5.32 Å². The minimum Gasteiger partial charge on any atom is -0.508 e. The van der Waals surface area contributed by atoms with Gasteiger partial charge in [-0.2, -0.15) is 0 Å². The number of rotatable bonds is 5. The lowest BCUT2D eigenvalue weighted by Crippen LogP contribution is -2.35. The van der Waals surface area contributed by atoms with Crippen molar-refractivity contribution in [3.63, 3.8) is 0 Å². The molecule has 0 atom stereocenters. The molecule has 27 heavy (non-hydrogen) atoms. The summed E-state index contributed by atoms with van der Waals surface area (Å²) in [5, 5.41) is 12.1. The van der Waals surface area contributed by atoms with Crippen molar-refractivity contribution >= 4 is 29.0 Å². The van der Waals surface area contributed by atoms with Crippen LogP contribution in [0.25, 0.3) is 0 Å². The number of anilines is 2. The van der Waals surface area contributed by atoms with Crippen LogP contribution in [0, 0.1) is 6.92 Å². The Bertz CT molecular complexity index is 923. The highest BCUT2D eigenvalue weighted by molar-refractivity contribution is 6.03. The monoisotopic (exact) mass is 368 g/mol. The zero-order valence-electron chi connectivity index (χ0n) is 15.1. The van der Waals surface area contributed by atoms with Crippen LogP contribution in [0.3, 0.4) is 0 Å². The Balaban J connectivity index is 1.62. The maximum absolute atomic E-state index is 12.4. The molecule has 1 aliphatic rings. The standard InChI is InChI=1S/C20H20N2O5/c1-12-9-14(23)4-5-15(12)21-19(25)8-6-17(24)13-3-7-18-16(10-13)22(2)20(26)11-27-18/h3-5,7,9-10,23H,6,8,11H2,1-2H3,(H,21,25). The average Bonchev–Trinajstić information content (AvgIpc) is 2.65. The molecule has 2 aromatic carbocycles. The van der Waals surface area contributed by atoms with Crippen LogP contribution in [-0.4, -0.2) is 36.4 Å². The highest BCUT2D eigenvalue weighted by Crippen LogP contribution is 2.32. The van der Waals surface area contributed by atoms with Gasteiger partial charge in [0.2, 0.25) is 5.91 Å². The van der Waals surface area contributed by atoms with Gasteiger partial charge in [0.1, 0.15) is 11.5 Å². The minimum absolute atomic E-state index is 0.0202. The van der Waals surface area contributed by atoms with Crippen molar-refractivity contribution in [1.29, 1.82) is 0 Å². The fourth-order valence-electron chi connectivity index (χ4n) is 2.82. The lowest BCUT2D eigenvalue weighted by atomic mass is 10.0. The van der Waals surface area contributed by atoms with E-state index in [9.17, 15) is 19.5 Å². The fourth-order valence-corrected chi connectivity index (χ4v) is 2.82. The molecule has 3 rings (SSSR count). The number of nitrogens with one attached hydrogen (secondary N) is 1. The summed E-state index contributed by atoms with van der Waals surface area (Å²) < 4.78 is 5.34. The number of Topliss-reactive ketones (excluding diaryl/α,β-unsaturated/α-hetero) is 1. The van der Waals surface area contributed by atoms with Crippen molar-refractivity contribution in [2.45, 2.75) is 19.8 Å². The number of nitrogens with zero attached hydrogens (tertiary/aromatic N) is 1. The number of ketones is 1. The van der Waals surface area contributed by atoms with Gasteiger partial charge in [-0.3, -0.25) is 14.4 Å². The molecule has 0 saturated carbocycles. The smallest absolute Gasteiger partial charge is 0.264 e. The molecule has 2 aromatic rings. The van der Waals surface area contributed by atoms with Gasteiger partial charge in [0, 0.05) is 31.1 Å². The first kappa shape index (κ1) is 18.4. The van der Waals surface area contributed by atoms with E-state index in [0.717, 1.165) is 5.56 Å². The van der Waals surface area contributed by atoms with Crippen LogP contribution in [0.1, 0.15) is 28.8 Å². The van der Waals surface area contributed by atoms with Gasteiger partial charge in [0.25, 0.3) is 5.91 Å². The number of phenols is 1. The number of aryl methyl sites for hydroxylation is 1. The van der Waals surface area contributed by atoms with Crippen molar-refractivity contribution in [3.8, 4) is 11.5 Å². The molecule has 1 aliphatic heterocycles. The third kappa shape index (κ3) is 4.08. The molecule has 0 fully saturated rings. The first-order valence-electron chi connectivity index (χ1n) is 8.51. The van der Waals surface area contributed by atoms with Crippen LogP contribution in [0.4, 0.5) is 11.4 Å². The van der Waals surface area contributed by atoms with Crippen molar-refractivity contribution in [2.24, 2.45) is 0 Å². The van der Waals surface area contributed by atoms with Crippen LogP contribution in [-0.2, 0) is 9.59 Å². The summed E-state index contributed by atoms with van der Waals surface area (Å²) in [6.45, 7) is 1.75. The van der Waals surface area contributed by atoms with Gasteiger partial charge < -0.3 is 20.1 Å². The zero-order chi connectivity index (χ0) is 19.6. The molecular weight excluding hydrogens is 348 g/mol. The number of likely N-dealkylation sites (N-methyl/N-ethyl adjacent to an activating group) is 1. The Morgan fingerprint density at radius 3 is 2.70 bits per heavy atom. The number of aromatic hydroxyl groups is 1. The molecule has 0 radical (unpaired) electrons. The van der Waals surface area contributed by atoms with E-state index in [1.54, 1.807) is 44.3 Å². The summed E-state index contributed by atoms with van der Waals surface area (Å²) in [4.78, 5) is 37.7. The van der Waals surface area contributed by atoms with Crippen LogP contribution < -0.4 is 15.0 Å². The predicted octanol–water partition coefficient (Wildman–Crippen LogP) is 2.66. The first-order chi connectivity index (χ1) is 12.8. The van der Waals surface area contributed by atoms with E-state index in [4.69, 9.17) is 4.74 Å². The van der Waals surface area contributed by atoms with Gasteiger partial charge in [-0.15, -0.1) is 0 Å². The van der Waals surface area contributed by atoms with E-state index in [0.29, 0.717) is 22.7 Å². The lowest BCUT2D eigenvalue weighted by molar-refractivity contribution is -0.121. The summed E-state index contributed by atoms with van der Waals surface area (Å²) >= 11 is 0. The molecule has 0 bridgehead atoms. The van der Waals surface area contributed by atoms with Crippen molar-refractivity contribution in [2.75, 3.05) is 23.9 Å². The third-order valence-electron chi connectivity index (χ3n) is 4.43. The molecule has 0 aliphatic carbocycles. The topological polar surface area (TPSA) is 95.9 Å². The minimum atomic E-state index is -0.286. The Labute approximate surface area is 156 Å². The number of carbonyl (C=O) groups is 3. The fraction of sp³-hybridized carbons (Fsp3) is 0.250. The summed E-state index contributed by atoms with van der Waals surface area (Å²) in [7, 11) is 1.63. The SMILES string of the molecule is Cc1cc(O)ccc1NC(=O)CCC(=O)c1ccc2c(c1)N(C)C(=O)CO2. The molecule has 1 heterocycles. The second kappa shape index (κ2) is 7.49. The summed E-state index contributed by atoms with van der Waals surface area (Å²) in [6.07, 6.45) is 0.0712. The molecule has 0 unspecified atom stereocenters. The number of benzene rings is 2. The largest absolute Gasteiger partial charge is 0.508 e. The van der Waals surface area contributed by atoms with Gasteiger partial charge in [-0.25, -0.2) is 0 Å². The number of amides is 2. The highest BCUT2D eigenvalue weighted by Gasteiger charge is 2.23. The predicted molar refractivity (Wildman–Crippen MR) is 100 cm³/mol. The van der Waals surface area contributed by atoms with Gasteiger partial charge in [-0.1, -0.05) is 0 Å². The first-order valence-corrected chi connectivity index (χ1v) is 8.51. The number of hydrogen-bond acceptors (Lipinski definition) is 5. The van der Waals surface area contributed by atoms with E-state index < -0.39 is 0 Å². The van der Waals surface area contributed by atoms with Crippen LogP contribution in [0.15, 0.2) is 36.4 Å². The number of fused-ring (bicyclic) bond motifs is 1. The van der Waals surface area contributed by atoms with Gasteiger partial charge in [0.05, 0.1) is 5.69 Å².